The molecule has 0 radical (unpaired) electrons. The van der Waals surface area contributed by atoms with Crippen molar-refractivity contribution in [3.8, 4) is 0 Å². The molecule has 1 fully saturated rings. The first kappa shape index (κ1) is 14.6. The molecule has 1 aliphatic heterocycles. The lowest BCUT2D eigenvalue weighted by Crippen LogP contribution is -2.26. The largest absolute Gasteiger partial charge is 0.459 e. The number of hydrogen-bond acceptors (Lipinski definition) is 3. The van der Waals surface area contributed by atoms with E-state index < -0.39 is 0 Å². The average Bonchev–Trinajstić information content (AvgIpc) is 3.10. The summed E-state index contributed by atoms with van der Waals surface area (Å²) in [6, 6.07) is 8.28. The number of para-hydroxylation sites is 1. The lowest BCUT2D eigenvalue weighted by atomic mass is 9.82. The van der Waals surface area contributed by atoms with Crippen molar-refractivity contribution in [1.82, 2.24) is 4.90 Å². The summed E-state index contributed by atoms with van der Waals surface area (Å²) in [6.45, 7) is 8.47. The molecule has 2 aromatic rings. The van der Waals surface area contributed by atoms with Crippen LogP contribution in [0, 0.1) is 5.41 Å². The molecule has 0 amide bonds. The number of hydrogen-bond donors (Lipinski definition) is 1. The molecule has 0 aliphatic carbocycles. The van der Waals surface area contributed by atoms with E-state index in [4.69, 9.17) is 10.2 Å². The van der Waals surface area contributed by atoms with E-state index in [1.165, 1.54) is 43.3 Å². The zero-order valence-electron chi connectivity index (χ0n) is 13.2. The van der Waals surface area contributed by atoms with Crippen molar-refractivity contribution in [3.05, 3.63) is 35.6 Å². The van der Waals surface area contributed by atoms with Crippen LogP contribution < -0.4 is 5.73 Å². The normalized spacial score (nSPS) is 18.6. The first-order valence-electron chi connectivity index (χ1n) is 8.13. The van der Waals surface area contributed by atoms with E-state index in [0.717, 1.165) is 17.9 Å². The molecule has 0 spiro atoms. The molecule has 21 heavy (non-hydrogen) atoms. The topological polar surface area (TPSA) is 42.4 Å². The van der Waals surface area contributed by atoms with Gasteiger partial charge < -0.3 is 10.2 Å². The number of benzene rings is 1. The predicted molar refractivity (Wildman–Crippen MR) is 87.0 cm³/mol. The van der Waals surface area contributed by atoms with Gasteiger partial charge in [0.25, 0.3) is 0 Å². The van der Waals surface area contributed by atoms with E-state index in [9.17, 15) is 0 Å². The molecule has 3 heteroatoms. The fraction of sp³-hybridized carbons (Fsp3) is 0.556. The maximum absolute atomic E-state index is 5.91. The van der Waals surface area contributed by atoms with Gasteiger partial charge in [-0.15, -0.1) is 0 Å². The summed E-state index contributed by atoms with van der Waals surface area (Å²) in [5.74, 6) is 0.946. The molecule has 1 aromatic heterocycles. The SMILES string of the molecule is CCC1(CC)CCN(Cc2c(CN)oc3ccccc23)C1. The summed E-state index contributed by atoms with van der Waals surface area (Å²) < 4.78 is 5.91. The van der Waals surface area contributed by atoms with Crippen molar-refractivity contribution >= 4 is 11.0 Å². The van der Waals surface area contributed by atoms with Crippen LogP contribution in [-0.4, -0.2) is 18.0 Å². The number of nitrogens with two attached hydrogens (primary N) is 1. The minimum Gasteiger partial charge on any atom is -0.459 e. The molecule has 2 heterocycles. The fourth-order valence-electron chi connectivity index (χ4n) is 3.70. The number of rotatable bonds is 5. The maximum atomic E-state index is 5.91. The molecular weight excluding hydrogens is 260 g/mol. The highest BCUT2D eigenvalue weighted by Gasteiger charge is 2.35. The Hall–Kier alpha value is -1.32. The van der Waals surface area contributed by atoms with Gasteiger partial charge in [0, 0.05) is 24.0 Å². The Morgan fingerprint density at radius 3 is 2.67 bits per heavy atom. The maximum Gasteiger partial charge on any atom is 0.134 e. The standard InChI is InChI=1S/C18H26N2O/c1-3-18(4-2)9-10-20(13-18)12-15-14-7-5-6-8-16(14)21-17(15)11-19/h5-8H,3-4,9-13,19H2,1-2H3. The first-order valence-corrected chi connectivity index (χ1v) is 8.13. The third-order valence-electron chi connectivity index (χ3n) is 5.37. The highest BCUT2D eigenvalue weighted by molar-refractivity contribution is 5.82. The van der Waals surface area contributed by atoms with Crippen LogP contribution >= 0.6 is 0 Å². The fourth-order valence-corrected chi connectivity index (χ4v) is 3.70. The van der Waals surface area contributed by atoms with Crippen LogP contribution in [0.2, 0.25) is 0 Å². The van der Waals surface area contributed by atoms with Crippen molar-refractivity contribution < 1.29 is 4.42 Å². The van der Waals surface area contributed by atoms with E-state index >= 15 is 0 Å². The molecule has 3 rings (SSSR count). The minimum atomic E-state index is 0.477. The molecular formula is C18H26N2O. The highest BCUT2D eigenvalue weighted by atomic mass is 16.3. The van der Waals surface area contributed by atoms with Crippen molar-refractivity contribution in [2.75, 3.05) is 13.1 Å². The summed E-state index contributed by atoms with van der Waals surface area (Å²) in [5.41, 5.74) is 8.65. The predicted octanol–water partition coefficient (Wildman–Crippen LogP) is 3.90. The zero-order chi connectivity index (χ0) is 14.9. The minimum absolute atomic E-state index is 0.477. The third-order valence-corrected chi connectivity index (χ3v) is 5.37. The smallest absolute Gasteiger partial charge is 0.134 e. The Labute approximate surface area is 127 Å². The summed E-state index contributed by atoms with van der Waals surface area (Å²) in [5, 5.41) is 1.23. The van der Waals surface area contributed by atoms with E-state index in [1.54, 1.807) is 0 Å². The van der Waals surface area contributed by atoms with Crippen LogP contribution in [0.25, 0.3) is 11.0 Å². The van der Waals surface area contributed by atoms with Gasteiger partial charge in [0.05, 0.1) is 6.54 Å². The molecule has 1 aromatic carbocycles. The Morgan fingerprint density at radius 2 is 2.00 bits per heavy atom. The molecule has 1 saturated heterocycles. The van der Waals surface area contributed by atoms with Gasteiger partial charge in [-0.05, 0) is 37.3 Å². The van der Waals surface area contributed by atoms with E-state index in [0.29, 0.717) is 12.0 Å². The highest BCUT2D eigenvalue weighted by Crippen LogP contribution is 2.38. The molecule has 0 saturated carbocycles. The van der Waals surface area contributed by atoms with Crippen molar-refractivity contribution in [2.45, 2.75) is 46.2 Å². The van der Waals surface area contributed by atoms with Gasteiger partial charge in [-0.1, -0.05) is 32.0 Å². The zero-order valence-corrected chi connectivity index (χ0v) is 13.2. The van der Waals surface area contributed by atoms with Gasteiger partial charge >= 0.3 is 0 Å². The quantitative estimate of drug-likeness (QED) is 0.906. The van der Waals surface area contributed by atoms with Crippen LogP contribution in [0.1, 0.15) is 44.4 Å². The molecule has 0 atom stereocenters. The van der Waals surface area contributed by atoms with Crippen LogP contribution in [-0.2, 0) is 13.1 Å². The van der Waals surface area contributed by atoms with Crippen molar-refractivity contribution in [2.24, 2.45) is 11.1 Å². The summed E-state index contributed by atoms with van der Waals surface area (Å²) in [6.07, 6.45) is 3.86. The Bertz CT molecular complexity index is 613. The van der Waals surface area contributed by atoms with Gasteiger partial charge in [-0.2, -0.15) is 0 Å². The monoisotopic (exact) mass is 286 g/mol. The lowest BCUT2D eigenvalue weighted by molar-refractivity contribution is 0.235. The lowest BCUT2D eigenvalue weighted by Gasteiger charge is -2.26. The molecule has 2 N–H and O–H groups in total. The second-order valence-electron chi connectivity index (χ2n) is 6.37. The van der Waals surface area contributed by atoms with E-state index in [-0.39, 0.29) is 0 Å². The second kappa shape index (κ2) is 5.82. The summed E-state index contributed by atoms with van der Waals surface area (Å²) in [4.78, 5) is 2.57. The van der Waals surface area contributed by atoms with Gasteiger partial charge in [0.15, 0.2) is 0 Å². The average molecular weight is 286 g/mol. The molecule has 0 bridgehead atoms. The molecule has 0 unspecified atom stereocenters. The van der Waals surface area contributed by atoms with E-state index in [1.807, 2.05) is 12.1 Å². The second-order valence-corrected chi connectivity index (χ2v) is 6.37. The summed E-state index contributed by atoms with van der Waals surface area (Å²) >= 11 is 0. The van der Waals surface area contributed by atoms with Crippen LogP contribution in [0.15, 0.2) is 28.7 Å². The molecule has 3 nitrogen and oxygen atoms in total. The number of likely N-dealkylation sites (tertiary alicyclic amines) is 1. The van der Waals surface area contributed by atoms with Gasteiger partial charge in [0.1, 0.15) is 11.3 Å². The summed E-state index contributed by atoms with van der Waals surface area (Å²) in [7, 11) is 0. The first-order chi connectivity index (χ1) is 10.2. The van der Waals surface area contributed by atoms with Crippen LogP contribution in [0.4, 0.5) is 0 Å². The molecule has 114 valence electrons. The van der Waals surface area contributed by atoms with Crippen molar-refractivity contribution in [3.63, 3.8) is 0 Å². The van der Waals surface area contributed by atoms with Gasteiger partial charge in [-0.25, -0.2) is 0 Å². The number of furan rings is 1. The Kier molecular flexibility index (Phi) is 4.05. The van der Waals surface area contributed by atoms with Crippen LogP contribution in [0.3, 0.4) is 0 Å². The Balaban J connectivity index is 1.85. The number of nitrogens with zero attached hydrogens (tertiary/aromatic N) is 1. The number of fused-ring (bicyclic) bond motifs is 1. The molecule has 1 aliphatic rings. The van der Waals surface area contributed by atoms with Gasteiger partial charge in [0.2, 0.25) is 0 Å². The third kappa shape index (κ3) is 2.60. The van der Waals surface area contributed by atoms with Crippen molar-refractivity contribution in [1.29, 1.82) is 0 Å². The van der Waals surface area contributed by atoms with E-state index in [2.05, 4.69) is 30.9 Å². The van der Waals surface area contributed by atoms with Gasteiger partial charge in [-0.3, -0.25) is 4.90 Å². The Morgan fingerprint density at radius 1 is 1.24 bits per heavy atom. The van der Waals surface area contributed by atoms with Crippen LogP contribution in [0.5, 0.6) is 0 Å².